The number of anilines is 2. The molecule has 0 aliphatic carbocycles. The first-order chi connectivity index (χ1) is 7.96. The van der Waals surface area contributed by atoms with Crippen LogP contribution in [-0.2, 0) is 0 Å². The number of H-pyrrole nitrogens is 1. The zero-order valence-electron chi connectivity index (χ0n) is 10.4. The number of hydrogen-bond donors (Lipinski definition) is 3. The van der Waals surface area contributed by atoms with Crippen LogP contribution >= 0.6 is 0 Å². The van der Waals surface area contributed by atoms with Gasteiger partial charge in [0.2, 0.25) is 5.95 Å². The summed E-state index contributed by atoms with van der Waals surface area (Å²) in [5.41, 5.74) is 6.59. The Balaban J connectivity index is 2.15. The van der Waals surface area contributed by atoms with Crippen LogP contribution in [0.1, 0.15) is 27.2 Å². The Morgan fingerprint density at radius 2 is 2.12 bits per heavy atom. The van der Waals surface area contributed by atoms with Gasteiger partial charge in [-0.05, 0) is 11.8 Å². The van der Waals surface area contributed by atoms with Crippen LogP contribution in [0.15, 0.2) is 6.20 Å². The van der Waals surface area contributed by atoms with Gasteiger partial charge in [0.15, 0.2) is 5.65 Å². The van der Waals surface area contributed by atoms with E-state index < -0.39 is 0 Å². The maximum absolute atomic E-state index is 5.63. The maximum Gasteiger partial charge on any atom is 0.224 e. The van der Waals surface area contributed by atoms with Crippen LogP contribution in [0.5, 0.6) is 0 Å². The summed E-state index contributed by atoms with van der Waals surface area (Å²) in [6.45, 7) is 7.46. The third-order valence-electron chi connectivity index (χ3n) is 2.49. The first-order valence-corrected chi connectivity index (χ1v) is 5.66. The molecule has 0 fully saturated rings. The predicted octanol–water partition coefficient (Wildman–Crippen LogP) is 1.78. The Kier molecular flexibility index (Phi) is 2.87. The fourth-order valence-electron chi connectivity index (χ4n) is 1.54. The topological polar surface area (TPSA) is 92.5 Å². The van der Waals surface area contributed by atoms with Gasteiger partial charge in [0, 0.05) is 6.54 Å². The standard InChI is InChI=1S/C11H18N6/c1-11(2,3)4-5-13-8-7-6-14-17-9(7)16-10(12)15-8/h6H,4-5H2,1-3H3,(H4,12,13,14,15,16,17). The zero-order chi connectivity index (χ0) is 12.5. The molecule has 6 nitrogen and oxygen atoms in total. The van der Waals surface area contributed by atoms with Crippen molar-refractivity contribution in [3.63, 3.8) is 0 Å². The second-order valence-electron chi connectivity index (χ2n) is 5.30. The first kappa shape index (κ1) is 11.6. The van der Waals surface area contributed by atoms with Crippen molar-refractivity contribution in [2.24, 2.45) is 5.41 Å². The lowest BCUT2D eigenvalue weighted by molar-refractivity contribution is 0.389. The summed E-state index contributed by atoms with van der Waals surface area (Å²) >= 11 is 0. The van der Waals surface area contributed by atoms with Crippen molar-refractivity contribution in [1.29, 1.82) is 0 Å². The number of aromatic nitrogens is 4. The third kappa shape index (κ3) is 2.83. The molecule has 17 heavy (non-hydrogen) atoms. The predicted molar refractivity (Wildman–Crippen MR) is 68.7 cm³/mol. The third-order valence-corrected chi connectivity index (χ3v) is 2.49. The molecular weight excluding hydrogens is 216 g/mol. The average Bonchev–Trinajstić information content (AvgIpc) is 2.63. The van der Waals surface area contributed by atoms with Gasteiger partial charge in [-0.3, -0.25) is 5.10 Å². The van der Waals surface area contributed by atoms with Crippen LogP contribution in [0.3, 0.4) is 0 Å². The number of aromatic amines is 1. The van der Waals surface area contributed by atoms with E-state index in [1.54, 1.807) is 6.20 Å². The van der Waals surface area contributed by atoms with Crippen LogP contribution in [0.25, 0.3) is 11.0 Å². The minimum atomic E-state index is 0.250. The Morgan fingerprint density at radius 3 is 2.82 bits per heavy atom. The van der Waals surface area contributed by atoms with E-state index in [2.05, 4.69) is 46.3 Å². The van der Waals surface area contributed by atoms with Crippen LogP contribution in [0.2, 0.25) is 0 Å². The molecule has 0 amide bonds. The largest absolute Gasteiger partial charge is 0.369 e. The molecule has 92 valence electrons. The molecule has 0 spiro atoms. The molecule has 0 saturated carbocycles. The molecule has 0 bridgehead atoms. The summed E-state index contributed by atoms with van der Waals surface area (Å²) in [6.07, 6.45) is 2.75. The molecule has 2 aromatic rings. The lowest BCUT2D eigenvalue weighted by Crippen LogP contribution is -2.14. The molecule has 4 N–H and O–H groups in total. The zero-order valence-corrected chi connectivity index (χ0v) is 10.4. The number of nitrogens with two attached hydrogens (primary N) is 1. The Morgan fingerprint density at radius 1 is 1.35 bits per heavy atom. The van der Waals surface area contributed by atoms with Gasteiger partial charge in [-0.2, -0.15) is 15.1 Å². The summed E-state index contributed by atoms with van der Waals surface area (Å²) in [6, 6.07) is 0. The lowest BCUT2D eigenvalue weighted by Gasteiger charge is -2.18. The van der Waals surface area contributed by atoms with E-state index >= 15 is 0 Å². The van der Waals surface area contributed by atoms with E-state index in [0.29, 0.717) is 11.1 Å². The van der Waals surface area contributed by atoms with Crippen LogP contribution in [-0.4, -0.2) is 26.7 Å². The summed E-state index contributed by atoms with van der Waals surface area (Å²) in [5.74, 6) is 0.991. The van der Waals surface area contributed by atoms with E-state index in [4.69, 9.17) is 5.73 Å². The fourth-order valence-corrected chi connectivity index (χ4v) is 1.54. The average molecular weight is 234 g/mol. The van der Waals surface area contributed by atoms with Crippen LogP contribution < -0.4 is 11.1 Å². The van der Waals surface area contributed by atoms with Gasteiger partial charge in [-0.15, -0.1) is 0 Å². The highest BCUT2D eigenvalue weighted by molar-refractivity contribution is 5.86. The summed E-state index contributed by atoms with van der Waals surface area (Å²) < 4.78 is 0. The Hall–Kier alpha value is -1.85. The number of nitrogens with zero attached hydrogens (tertiary/aromatic N) is 3. The second kappa shape index (κ2) is 4.20. The highest BCUT2D eigenvalue weighted by Gasteiger charge is 2.11. The smallest absolute Gasteiger partial charge is 0.224 e. The Labute approximate surface area is 100 Å². The second-order valence-corrected chi connectivity index (χ2v) is 5.30. The maximum atomic E-state index is 5.63. The number of hydrogen-bond acceptors (Lipinski definition) is 5. The number of rotatable bonds is 3. The van der Waals surface area contributed by atoms with E-state index in [1.165, 1.54) is 0 Å². The summed E-state index contributed by atoms with van der Waals surface area (Å²) in [4.78, 5) is 8.25. The van der Waals surface area contributed by atoms with Gasteiger partial charge >= 0.3 is 0 Å². The van der Waals surface area contributed by atoms with E-state index in [1.807, 2.05) is 0 Å². The molecule has 0 radical (unpaired) electrons. The van der Waals surface area contributed by atoms with Gasteiger partial charge < -0.3 is 11.1 Å². The van der Waals surface area contributed by atoms with E-state index in [-0.39, 0.29) is 5.95 Å². The first-order valence-electron chi connectivity index (χ1n) is 5.66. The minimum Gasteiger partial charge on any atom is -0.369 e. The van der Waals surface area contributed by atoms with Crippen molar-refractivity contribution in [3.05, 3.63) is 6.20 Å². The van der Waals surface area contributed by atoms with Crippen molar-refractivity contribution in [1.82, 2.24) is 20.2 Å². The summed E-state index contributed by atoms with van der Waals surface area (Å²) in [7, 11) is 0. The molecule has 0 atom stereocenters. The number of nitrogens with one attached hydrogen (secondary N) is 2. The molecule has 2 rings (SSSR count). The van der Waals surface area contributed by atoms with Crippen molar-refractivity contribution >= 4 is 22.8 Å². The van der Waals surface area contributed by atoms with E-state index in [0.717, 1.165) is 24.2 Å². The molecule has 6 heteroatoms. The van der Waals surface area contributed by atoms with Crippen LogP contribution in [0.4, 0.5) is 11.8 Å². The molecule has 2 aromatic heterocycles. The number of nitrogen functional groups attached to an aromatic ring is 1. The van der Waals surface area contributed by atoms with Crippen molar-refractivity contribution in [3.8, 4) is 0 Å². The van der Waals surface area contributed by atoms with Gasteiger partial charge in [-0.1, -0.05) is 20.8 Å². The fraction of sp³-hybridized carbons (Fsp3) is 0.545. The Bertz CT molecular complexity index is 510. The molecule has 0 saturated heterocycles. The van der Waals surface area contributed by atoms with Gasteiger partial charge in [0.1, 0.15) is 5.82 Å². The van der Waals surface area contributed by atoms with Crippen molar-refractivity contribution in [2.45, 2.75) is 27.2 Å². The highest BCUT2D eigenvalue weighted by Crippen LogP contribution is 2.21. The number of fused-ring (bicyclic) bond motifs is 1. The molecular formula is C11H18N6. The van der Waals surface area contributed by atoms with Gasteiger partial charge in [0.05, 0.1) is 11.6 Å². The normalized spacial score (nSPS) is 11.9. The molecule has 0 aliphatic heterocycles. The van der Waals surface area contributed by atoms with Crippen molar-refractivity contribution in [2.75, 3.05) is 17.6 Å². The highest BCUT2D eigenvalue weighted by atomic mass is 15.2. The van der Waals surface area contributed by atoms with Gasteiger partial charge in [-0.25, -0.2) is 0 Å². The van der Waals surface area contributed by atoms with Gasteiger partial charge in [0.25, 0.3) is 0 Å². The SMILES string of the molecule is CC(C)(C)CCNc1nc(N)nc2[nH]ncc12. The molecule has 0 aliphatic rings. The molecule has 2 heterocycles. The minimum absolute atomic E-state index is 0.250. The monoisotopic (exact) mass is 234 g/mol. The van der Waals surface area contributed by atoms with E-state index in [9.17, 15) is 0 Å². The van der Waals surface area contributed by atoms with Crippen molar-refractivity contribution < 1.29 is 0 Å². The quantitative estimate of drug-likeness (QED) is 0.752. The lowest BCUT2D eigenvalue weighted by atomic mass is 9.92. The van der Waals surface area contributed by atoms with Crippen LogP contribution in [0, 0.1) is 5.41 Å². The molecule has 0 aromatic carbocycles. The summed E-state index contributed by atoms with van der Waals surface area (Å²) in [5, 5.41) is 10.9. The molecule has 0 unspecified atom stereocenters.